The van der Waals surface area contributed by atoms with Crippen LogP contribution >= 0.6 is 23.5 Å². The van der Waals surface area contributed by atoms with Crippen molar-refractivity contribution in [1.29, 1.82) is 0 Å². The predicted octanol–water partition coefficient (Wildman–Crippen LogP) is 7.47. The molecular formula is C33H48N2O2S2. The molecule has 0 aromatic heterocycles. The summed E-state index contributed by atoms with van der Waals surface area (Å²) < 4.78 is 0. The van der Waals surface area contributed by atoms with Gasteiger partial charge in [0, 0.05) is 59.2 Å². The molecule has 1 saturated heterocycles. The standard InChI is InChI=1S/C33H48N2O2S2/c1-32(2,3)26-20-25(21-27(31(26)37)33(4,5)6)39-29-15-11-10-14-28(29)38-23-30(36)35-18-16-34(17-19-35)22-24-12-8-7-9-13-24/h7-9,12-13,20-21,28-29,37H,10-11,14-19,22-23H2,1-6H3/t28-,29-/m1/s1. The maximum Gasteiger partial charge on any atom is 0.232 e. The molecule has 4 nitrogen and oxygen atoms in total. The molecule has 2 aliphatic rings. The minimum Gasteiger partial charge on any atom is -0.507 e. The normalized spacial score (nSPS) is 21.2. The number of carbonyl (C=O) groups is 1. The largest absolute Gasteiger partial charge is 0.507 e. The number of hydrogen-bond donors (Lipinski definition) is 1. The highest BCUT2D eigenvalue weighted by atomic mass is 32.2. The van der Waals surface area contributed by atoms with Crippen LogP contribution in [0, 0.1) is 0 Å². The van der Waals surface area contributed by atoms with Gasteiger partial charge in [-0.05, 0) is 41.4 Å². The Labute approximate surface area is 245 Å². The van der Waals surface area contributed by atoms with E-state index in [1.807, 2.05) is 23.5 Å². The average Bonchev–Trinajstić information content (AvgIpc) is 2.88. The summed E-state index contributed by atoms with van der Waals surface area (Å²) >= 11 is 3.84. The van der Waals surface area contributed by atoms with Crippen molar-refractivity contribution in [3.63, 3.8) is 0 Å². The van der Waals surface area contributed by atoms with Crippen LogP contribution in [0.5, 0.6) is 5.75 Å². The van der Waals surface area contributed by atoms with Crippen molar-refractivity contribution in [2.45, 2.75) is 100.0 Å². The Morgan fingerprint density at radius 2 is 1.44 bits per heavy atom. The molecule has 1 saturated carbocycles. The molecule has 4 rings (SSSR count). The molecule has 0 unspecified atom stereocenters. The number of thioether (sulfide) groups is 2. The topological polar surface area (TPSA) is 43.8 Å². The first-order valence-electron chi connectivity index (χ1n) is 14.6. The van der Waals surface area contributed by atoms with Crippen LogP contribution in [0.2, 0.25) is 0 Å². The Morgan fingerprint density at radius 3 is 2.00 bits per heavy atom. The van der Waals surface area contributed by atoms with Crippen LogP contribution in [0.25, 0.3) is 0 Å². The molecular weight excluding hydrogens is 521 g/mol. The van der Waals surface area contributed by atoms with Gasteiger partial charge in [-0.3, -0.25) is 9.69 Å². The summed E-state index contributed by atoms with van der Waals surface area (Å²) in [5.74, 6) is 1.32. The molecule has 1 aliphatic carbocycles. The van der Waals surface area contributed by atoms with Gasteiger partial charge in [-0.1, -0.05) is 84.7 Å². The van der Waals surface area contributed by atoms with E-state index in [1.54, 1.807) is 0 Å². The highest BCUT2D eigenvalue weighted by molar-refractivity contribution is 8.04. The number of benzene rings is 2. The molecule has 1 aliphatic heterocycles. The van der Waals surface area contributed by atoms with Crippen LogP contribution in [0.4, 0.5) is 0 Å². The lowest BCUT2D eigenvalue weighted by Gasteiger charge is -2.36. The first-order valence-corrected chi connectivity index (χ1v) is 16.5. The molecule has 39 heavy (non-hydrogen) atoms. The Balaban J connectivity index is 1.35. The number of phenolic OH excluding ortho intramolecular Hbond substituents is 1. The van der Waals surface area contributed by atoms with E-state index < -0.39 is 0 Å². The summed E-state index contributed by atoms with van der Waals surface area (Å²) in [6.45, 7) is 17.6. The highest BCUT2D eigenvalue weighted by Crippen LogP contribution is 2.45. The number of amides is 1. The summed E-state index contributed by atoms with van der Waals surface area (Å²) in [5, 5.41) is 12.1. The Bertz CT molecular complexity index is 1060. The lowest BCUT2D eigenvalue weighted by atomic mass is 9.79. The molecule has 2 aromatic rings. The molecule has 2 atom stereocenters. The van der Waals surface area contributed by atoms with E-state index in [1.165, 1.54) is 36.1 Å². The minimum atomic E-state index is -0.126. The fourth-order valence-corrected chi connectivity index (χ4v) is 8.57. The van der Waals surface area contributed by atoms with Crippen LogP contribution in [0.3, 0.4) is 0 Å². The Kier molecular flexibility index (Phi) is 10.0. The van der Waals surface area contributed by atoms with Crippen molar-refractivity contribution in [2.24, 2.45) is 0 Å². The van der Waals surface area contributed by atoms with Gasteiger partial charge in [-0.2, -0.15) is 0 Å². The lowest BCUT2D eigenvalue weighted by molar-refractivity contribution is -0.130. The van der Waals surface area contributed by atoms with Gasteiger partial charge in [-0.25, -0.2) is 0 Å². The third kappa shape index (κ3) is 8.20. The summed E-state index contributed by atoms with van der Waals surface area (Å²) in [6, 6.07) is 15.0. The van der Waals surface area contributed by atoms with Crippen LogP contribution in [-0.4, -0.2) is 63.2 Å². The summed E-state index contributed by atoms with van der Waals surface area (Å²) in [4.78, 5) is 18.9. The number of nitrogens with zero attached hydrogens (tertiary/aromatic N) is 2. The molecule has 0 bridgehead atoms. The number of hydrogen-bond acceptors (Lipinski definition) is 5. The van der Waals surface area contributed by atoms with Crippen molar-refractivity contribution in [3.05, 3.63) is 59.2 Å². The zero-order valence-electron chi connectivity index (χ0n) is 24.8. The van der Waals surface area contributed by atoms with E-state index in [0.29, 0.717) is 27.9 Å². The van der Waals surface area contributed by atoms with Gasteiger partial charge >= 0.3 is 0 Å². The van der Waals surface area contributed by atoms with Crippen LogP contribution in [0.1, 0.15) is 83.9 Å². The number of aromatic hydroxyl groups is 1. The quantitative estimate of drug-likeness (QED) is 0.375. The predicted molar refractivity (Wildman–Crippen MR) is 168 cm³/mol. The fourth-order valence-electron chi connectivity index (χ4n) is 5.65. The Hall–Kier alpha value is -1.63. The first-order chi connectivity index (χ1) is 18.4. The van der Waals surface area contributed by atoms with Crippen molar-refractivity contribution < 1.29 is 9.90 Å². The van der Waals surface area contributed by atoms with Crippen molar-refractivity contribution >= 4 is 29.4 Å². The minimum absolute atomic E-state index is 0.126. The second kappa shape index (κ2) is 12.9. The summed E-state index contributed by atoms with van der Waals surface area (Å²) in [6.07, 6.45) is 4.86. The van der Waals surface area contributed by atoms with Gasteiger partial charge in [0.2, 0.25) is 5.91 Å². The van der Waals surface area contributed by atoms with Gasteiger partial charge in [-0.15, -0.1) is 23.5 Å². The molecule has 1 heterocycles. The molecule has 214 valence electrons. The highest BCUT2D eigenvalue weighted by Gasteiger charge is 2.31. The summed E-state index contributed by atoms with van der Waals surface area (Å²) in [5.41, 5.74) is 3.14. The van der Waals surface area contributed by atoms with Crippen molar-refractivity contribution in [2.75, 3.05) is 31.9 Å². The number of piperazine rings is 1. The zero-order valence-corrected chi connectivity index (χ0v) is 26.5. The maximum atomic E-state index is 13.2. The smallest absolute Gasteiger partial charge is 0.232 e. The monoisotopic (exact) mass is 568 g/mol. The first kappa shape index (κ1) is 30.3. The molecule has 1 amide bonds. The van der Waals surface area contributed by atoms with Gasteiger partial charge in [0.1, 0.15) is 5.75 Å². The molecule has 2 fully saturated rings. The molecule has 0 radical (unpaired) electrons. The molecule has 1 N–H and O–H groups in total. The fraction of sp³-hybridized carbons (Fsp3) is 0.606. The van der Waals surface area contributed by atoms with E-state index in [9.17, 15) is 9.90 Å². The second-order valence-electron chi connectivity index (χ2n) is 13.3. The van der Waals surface area contributed by atoms with Gasteiger partial charge in [0.15, 0.2) is 0 Å². The number of carbonyl (C=O) groups excluding carboxylic acids is 1. The SMILES string of the molecule is CC(C)(C)c1cc(S[C@@H]2CCCC[C@H]2SCC(=O)N2CCN(Cc3ccccc3)CC2)cc(C(C)(C)C)c1O. The zero-order chi connectivity index (χ0) is 28.2. The number of phenols is 1. The average molecular weight is 569 g/mol. The summed E-state index contributed by atoms with van der Waals surface area (Å²) in [7, 11) is 0. The maximum absolute atomic E-state index is 13.2. The molecule has 0 spiro atoms. The van der Waals surface area contributed by atoms with Crippen LogP contribution < -0.4 is 0 Å². The van der Waals surface area contributed by atoms with Gasteiger partial charge < -0.3 is 10.0 Å². The van der Waals surface area contributed by atoms with E-state index in [4.69, 9.17) is 0 Å². The van der Waals surface area contributed by atoms with Gasteiger partial charge in [0.25, 0.3) is 0 Å². The van der Waals surface area contributed by atoms with Crippen molar-refractivity contribution in [3.8, 4) is 5.75 Å². The molecule has 2 aromatic carbocycles. The Morgan fingerprint density at radius 1 is 0.872 bits per heavy atom. The lowest BCUT2D eigenvalue weighted by Crippen LogP contribution is -2.49. The van der Waals surface area contributed by atoms with E-state index in [0.717, 1.165) is 43.9 Å². The van der Waals surface area contributed by atoms with Crippen LogP contribution in [-0.2, 0) is 22.2 Å². The van der Waals surface area contributed by atoms with Gasteiger partial charge in [0.05, 0.1) is 5.75 Å². The van der Waals surface area contributed by atoms with E-state index in [-0.39, 0.29) is 10.8 Å². The molecule has 6 heteroatoms. The number of rotatable bonds is 7. The third-order valence-electron chi connectivity index (χ3n) is 8.02. The van der Waals surface area contributed by atoms with Crippen molar-refractivity contribution in [1.82, 2.24) is 9.80 Å². The van der Waals surface area contributed by atoms with E-state index in [2.05, 4.69) is 93.8 Å². The third-order valence-corrected chi connectivity index (χ3v) is 11.0. The second-order valence-corrected chi connectivity index (χ2v) is 15.8. The van der Waals surface area contributed by atoms with E-state index >= 15 is 0 Å². The van der Waals surface area contributed by atoms with Crippen LogP contribution in [0.15, 0.2) is 47.4 Å².